The van der Waals surface area contributed by atoms with Gasteiger partial charge in [0.1, 0.15) is 24.2 Å². The minimum atomic E-state index is -1.60. The average molecular weight is 714 g/mol. The first-order valence-electron chi connectivity index (χ1n) is 17.4. The molecule has 0 aromatic heterocycles. The van der Waals surface area contributed by atoms with E-state index in [1.807, 2.05) is 13.8 Å². The van der Waals surface area contributed by atoms with Crippen LogP contribution in [0.25, 0.3) is 0 Å². The first-order chi connectivity index (χ1) is 23.5. The molecule has 18 heteroatoms. The summed E-state index contributed by atoms with van der Waals surface area (Å²) in [5.74, 6) is -5.17. The molecule has 0 radical (unpaired) electrons. The number of carboxylic acid groups (broad SMARTS) is 1. The molecule has 1 aliphatic heterocycles. The summed E-state index contributed by atoms with van der Waals surface area (Å²) >= 11 is 0. The second-order valence-electron chi connectivity index (χ2n) is 13.2. The van der Waals surface area contributed by atoms with E-state index in [0.29, 0.717) is 51.6 Å². The Morgan fingerprint density at radius 3 is 1.98 bits per heavy atom. The lowest BCUT2D eigenvalue weighted by Crippen LogP contribution is -2.58. The zero-order valence-electron chi connectivity index (χ0n) is 29.7. The number of rotatable bonds is 23. The summed E-state index contributed by atoms with van der Waals surface area (Å²) in [7, 11) is 0. The zero-order chi connectivity index (χ0) is 38.0. The van der Waals surface area contributed by atoms with Crippen molar-refractivity contribution in [1.29, 1.82) is 0 Å². The van der Waals surface area contributed by atoms with Crippen molar-refractivity contribution in [3.8, 4) is 0 Å². The van der Waals surface area contributed by atoms with Crippen molar-refractivity contribution >= 4 is 41.4 Å². The van der Waals surface area contributed by atoms with Gasteiger partial charge in [-0.3, -0.25) is 28.8 Å². The van der Waals surface area contributed by atoms with Gasteiger partial charge in [-0.15, -0.1) is 0 Å². The molecule has 18 nitrogen and oxygen atoms in total. The highest BCUT2D eigenvalue weighted by Gasteiger charge is 2.39. The van der Waals surface area contributed by atoms with Crippen LogP contribution < -0.4 is 43.8 Å². The van der Waals surface area contributed by atoms with E-state index < -0.39 is 83.8 Å². The second kappa shape index (κ2) is 22.8. The smallest absolute Gasteiger partial charge is 0.328 e. The topological polar surface area (TPSA) is 301 Å². The van der Waals surface area contributed by atoms with E-state index in [1.54, 1.807) is 0 Å². The van der Waals surface area contributed by atoms with Crippen molar-refractivity contribution in [2.24, 2.45) is 23.1 Å². The van der Waals surface area contributed by atoms with Gasteiger partial charge in [-0.25, -0.2) is 4.79 Å². The lowest BCUT2D eigenvalue weighted by atomic mass is 10.0. The number of carbonyl (C=O) groups excluding carboxylic acids is 6. The Hall–Kier alpha value is -3.87. The molecule has 0 aromatic rings. The number of amides is 6. The summed E-state index contributed by atoms with van der Waals surface area (Å²) in [4.78, 5) is 91.0. The summed E-state index contributed by atoms with van der Waals surface area (Å²) < 4.78 is 0. The van der Waals surface area contributed by atoms with Gasteiger partial charge in [-0.2, -0.15) is 0 Å². The van der Waals surface area contributed by atoms with Crippen molar-refractivity contribution in [3.05, 3.63) is 0 Å². The van der Waals surface area contributed by atoms with Gasteiger partial charge in [0.15, 0.2) is 6.04 Å². The number of nitrogens with zero attached hydrogens (tertiary/aromatic N) is 1. The van der Waals surface area contributed by atoms with Gasteiger partial charge in [0.25, 0.3) is 0 Å². The molecule has 1 saturated heterocycles. The number of hydrogen-bond donors (Lipinski definition) is 10. The summed E-state index contributed by atoms with van der Waals surface area (Å²) in [6, 6.07) is -6.62. The number of aliphatic carboxylic acids is 1. The van der Waals surface area contributed by atoms with Gasteiger partial charge in [-0.05, 0) is 84.2 Å². The van der Waals surface area contributed by atoms with Crippen LogP contribution in [-0.4, -0.2) is 125 Å². The summed E-state index contributed by atoms with van der Waals surface area (Å²) in [5, 5.41) is 31.6. The van der Waals surface area contributed by atoms with Crippen molar-refractivity contribution in [1.82, 2.24) is 31.5 Å². The normalized spacial score (nSPS) is 17.9. The lowest BCUT2D eigenvalue weighted by molar-refractivity contribution is -0.145. The molecule has 1 fully saturated rings. The lowest BCUT2D eigenvalue weighted by Gasteiger charge is -2.30. The van der Waals surface area contributed by atoms with Crippen LogP contribution in [0.1, 0.15) is 85.5 Å². The van der Waals surface area contributed by atoms with Gasteiger partial charge in [-0.1, -0.05) is 20.3 Å². The number of nitrogens with two attached hydrogens (primary N) is 3. The molecule has 6 amide bonds. The number of likely N-dealkylation sites (tertiary alicyclic amines) is 1. The highest BCUT2D eigenvalue weighted by Crippen LogP contribution is 2.21. The third-order valence-corrected chi connectivity index (χ3v) is 8.29. The van der Waals surface area contributed by atoms with Gasteiger partial charge in [0.05, 0.1) is 18.7 Å². The van der Waals surface area contributed by atoms with E-state index >= 15 is 0 Å². The van der Waals surface area contributed by atoms with Crippen molar-refractivity contribution < 1.29 is 43.8 Å². The molecule has 0 saturated carbocycles. The average Bonchev–Trinajstić information content (AvgIpc) is 3.54. The summed E-state index contributed by atoms with van der Waals surface area (Å²) in [6.07, 6.45) is 2.59. The van der Waals surface area contributed by atoms with Crippen LogP contribution >= 0.6 is 0 Å². The number of aliphatic hydroxyl groups excluding tert-OH is 1. The molecule has 0 bridgehead atoms. The highest BCUT2D eigenvalue weighted by molar-refractivity contribution is 5.96. The molecule has 50 heavy (non-hydrogen) atoms. The van der Waals surface area contributed by atoms with E-state index in [0.717, 1.165) is 6.42 Å². The molecule has 13 N–H and O–H groups in total. The molecular weight excluding hydrogens is 654 g/mol. The quantitative estimate of drug-likeness (QED) is 0.0479. The number of unbranched alkanes of at least 4 members (excludes halogenated alkanes) is 2. The van der Waals surface area contributed by atoms with Crippen LogP contribution in [0.3, 0.4) is 0 Å². The summed E-state index contributed by atoms with van der Waals surface area (Å²) in [5.41, 5.74) is 16.9. The molecule has 1 rings (SSSR count). The summed E-state index contributed by atoms with van der Waals surface area (Å²) in [6.45, 7) is 7.03. The van der Waals surface area contributed by atoms with Crippen molar-refractivity contribution in [2.45, 2.75) is 128 Å². The molecule has 0 unspecified atom stereocenters. The highest BCUT2D eigenvalue weighted by atomic mass is 16.4. The molecule has 0 aromatic carbocycles. The number of carbonyl (C=O) groups is 7. The molecule has 7 atom stereocenters. The standard InChI is InChI=1S/C32H59N9O9/c1-18(2)16-23(38-25(43)17-36-28(45)21(35)10-5-7-13-33)31(48)41-15-9-12-24(41)30(47)37-19(3)27(44)39-22(11-6-8-14-34)29(46)40-26(20(4)42)32(49)50/h18-24,26,42H,5-17,33-35H2,1-4H3,(H,36,45)(H,37,47)(H,38,43)(H,39,44)(H,40,46)(H,49,50)/t19-,20+,21-,22-,23-,24-,26-/m0/s1. The second-order valence-corrected chi connectivity index (χ2v) is 13.2. The Morgan fingerprint density at radius 2 is 1.42 bits per heavy atom. The number of hydrogen-bond acceptors (Lipinski definition) is 11. The number of carboxylic acids is 1. The monoisotopic (exact) mass is 713 g/mol. The van der Waals surface area contributed by atoms with Crippen LogP contribution in [0.4, 0.5) is 0 Å². The first kappa shape index (κ1) is 44.2. The number of nitrogens with one attached hydrogen (secondary N) is 5. The third kappa shape index (κ3) is 15.3. The SMILES string of the molecule is CC(C)C[C@H](NC(=O)CNC(=O)[C@@H](N)CCCCN)C(=O)N1CCC[C@H]1C(=O)N[C@@H](C)C(=O)N[C@@H](CCCCN)C(=O)N[C@H](C(=O)O)[C@@H](C)O. The van der Waals surface area contributed by atoms with Crippen molar-refractivity contribution in [2.75, 3.05) is 26.2 Å². The maximum atomic E-state index is 13.7. The predicted octanol–water partition coefficient (Wildman–Crippen LogP) is -2.85. The fourth-order valence-corrected chi connectivity index (χ4v) is 5.46. The van der Waals surface area contributed by atoms with Crippen LogP contribution in [0, 0.1) is 5.92 Å². The fourth-order valence-electron chi connectivity index (χ4n) is 5.46. The van der Waals surface area contributed by atoms with E-state index in [1.165, 1.54) is 18.7 Å². The Bertz CT molecular complexity index is 1150. The predicted molar refractivity (Wildman–Crippen MR) is 184 cm³/mol. The Kier molecular flexibility index (Phi) is 20.1. The Labute approximate surface area is 293 Å². The molecular formula is C32H59N9O9. The largest absolute Gasteiger partial charge is 0.480 e. The van der Waals surface area contributed by atoms with E-state index in [2.05, 4.69) is 26.6 Å². The Balaban J connectivity index is 2.92. The molecule has 0 spiro atoms. The molecule has 1 heterocycles. The van der Waals surface area contributed by atoms with Gasteiger partial charge in [0, 0.05) is 6.54 Å². The molecule has 286 valence electrons. The van der Waals surface area contributed by atoms with Crippen LogP contribution in [0.2, 0.25) is 0 Å². The van der Waals surface area contributed by atoms with Gasteiger partial charge in [0.2, 0.25) is 35.4 Å². The van der Waals surface area contributed by atoms with Gasteiger partial charge >= 0.3 is 5.97 Å². The van der Waals surface area contributed by atoms with Gasteiger partial charge < -0.3 is 58.9 Å². The van der Waals surface area contributed by atoms with Crippen LogP contribution in [0.15, 0.2) is 0 Å². The van der Waals surface area contributed by atoms with Crippen LogP contribution in [0.5, 0.6) is 0 Å². The molecule has 0 aliphatic carbocycles. The molecule has 1 aliphatic rings. The minimum Gasteiger partial charge on any atom is -0.480 e. The maximum Gasteiger partial charge on any atom is 0.328 e. The van der Waals surface area contributed by atoms with E-state index in [-0.39, 0.29) is 31.8 Å². The van der Waals surface area contributed by atoms with Crippen molar-refractivity contribution in [3.63, 3.8) is 0 Å². The minimum absolute atomic E-state index is 0.00484. The Morgan fingerprint density at radius 1 is 0.800 bits per heavy atom. The van der Waals surface area contributed by atoms with E-state index in [9.17, 15) is 43.8 Å². The number of aliphatic hydroxyl groups is 1. The first-order valence-corrected chi connectivity index (χ1v) is 17.4. The third-order valence-electron chi connectivity index (χ3n) is 8.29. The van der Waals surface area contributed by atoms with E-state index in [4.69, 9.17) is 17.2 Å². The van der Waals surface area contributed by atoms with Crippen LogP contribution in [-0.2, 0) is 33.6 Å². The maximum absolute atomic E-state index is 13.7. The fraction of sp³-hybridized carbons (Fsp3) is 0.781. The zero-order valence-corrected chi connectivity index (χ0v) is 29.7.